The summed E-state index contributed by atoms with van der Waals surface area (Å²) in [6.45, 7) is 5.65. The Morgan fingerprint density at radius 3 is 2.57 bits per heavy atom. The highest BCUT2D eigenvalue weighted by molar-refractivity contribution is 7.99. The first kappa shape index (κ1) is 17.8. The van der Waals surface area contributed by atoms with E-state index in [2.05, 4.69) is 5.32 Å². The molecule has 0 aliphatic carbocycles. The van der Waals surface area contributed by atoms with Crippen LogP contribution in [0.25, 0.3) is 0 Å². The van der Waals surface area contributed by atoms with Gasteiger partial charge >= 0.3 is 5.97 Å². The molecule has 7 heteroatoms. The monoisotopic (exact) mass is 316 g/mol. The summed E-state index contributed by atoms with van der Waals surface area (Å²) < 4.78 is 0. The van der Waals surface area contributed by atoms with Crippen molar-refractivity contribution in [1.82, 2.24) is 10.2 Å². The van der Waals surface area contributed by atoms with E-state index in [0.717, 1.165) is 6.42 Å². The first-order valence-electron chi connectivity index (χ1n) is 7.33. The van der Waals surface area contributed by atoms with Gasteiger partial charge in [0.25, 0.3) is 0 Å². The van der Waals surface area contributed by atoms with E-state index in [9.17, 15) is 14.4 Å². The van der Waals surface area contributed by atoms with Crippen molar-refractivity contribution in [3.05, 3.63) is 0 Å². The van der Waals surface area contributed by atoms with Gasteiger partial charge in [-0.25, -0.2) is 4.79 Å². The molecular weight excluding hydrogens is 292 g/mol. The molecule has 0 spiro atoms. The van der Waals surface area contributed by atoms with Gasteiger partial charge in [0, 0.05) is 11.7 Å². The average Bonchev–Trinajstić information content (AvgIpc) is 2.94. The number of carbonyl (C=O) groups excluding carboxylic acids is 2. The molecule has 1 aliphatic heterocycles. The molecule has 0 aromatic rings. The number of carbonyl (C=O) groups is 3. The van der Waals surface area contributed by atoms with Crippen LogP contribution in [-0.2, 0) is 14.4 Å². The van der Waals surface area contributed by atoms with Gasteiger partial charge in [-0.05, 0) is 12.8 Å². The lowest BCUT2D eigenvalue weighted by atomic mass is 10.1. The highest BCUT2D eigenvalue weighted by atomic mass is 32.2. The molecule has 2 amide bonds. The second-order valence-corrected chi connectivity index (χ2v) is 6.32. The Labute approximate surface area is 129 Å². The minimum absolute atomic E-state index is 0.0370. The molecule has 0 aromatic carbocycles. The SMILES string of the molecule is CCCC(NC(=O)C1CSCN1C(=O)C(C)CC)C(=O)O. The molecule has 120 valence electrons. The summed E-state index contributed by atoms with van der Waals surface area (Å²) >= 11 is 1.52. The first-order chi connectivity index (χ1) is 9.92. The minimum Gasteiger partial charge on any atom is -0.480 e. The van der Waals surface area contributed by atoms with Crippen LogP contribution in [0.2, 0.25) is 0 Å². The van der Waals surface area contributed by atoms with Crippen LogP contribution in [0.4, 0.5) is 0 Å². The third kappa shape index (κ3) is 4.62. The van der Waals surface area contributed by atoms with Crippen LogP contribution < -0.4 is 5.32 Å². The van der Waals surface area contributed by atoms with Gasteiger partial charge in [-0.1, -0.05) is 27.2 Å². The van der Waals surface area contributed by atoms with E-state index in [1.54, 1.807) is 4.90 Å². The van der Waals surface area contributed by atoms with Crippen molar-refractivity contribution in [3.63, 3.8) is 0 Å². The first-order valence-corrected chi connectivity index (χ1v) is 8.49. The molecule has 3 unspecified atom stereocenters. The van der Waals surface area contributed by atoms with Crippen LogP contribution in [0, 0.1) is 5.92 Å². The Kier molecular flexibility index (Phi) is 7.01. The molecule has 1 saturated heterocycles. The van der Waals surface area contributed by atoms with E-state index >= 15 is 0 Å². The van der Waals surface area contributed by atoms with Crippen LogP contribution in [0.1, 0.15) is 40.0 Å². The highest BCUT2D eigenvalue weighted by Gasteiger charge is 2.37. The van der Waals surface area contributed by atoms with Crippen molar-refractivity contribution in [2.24, 2.45) is 5.92 Å². The number of nitrogens with one attached hydrogen (secondary N) is 1. The van der Waals surface area contributed by atoms with Crippen LogP contribution in [0.15, 0.2) is 0 Å². The highest BCUT2D eigenvalue weighted by Crippen LogP contribution is 2.24. The maximum atomic E-state index is 12.3. The lowest BCUT2D eigenvalue weighted by molar-refractivity contribution is -0.144. The summed E-state index contributed by atoms with van der Waals surface area (Å²) in [5, 5.41) is 11.7. The maximum absolute atomic E-state index is 12.3. The number of aliphatic carboxylic acids is 1. The number of hydrogen-bond donors (Lipinski definition) is 2. The second kappa shape index (κ2) is 8.26. The fourth-order valence-electron chi connectivity index (χ4n) is 2.15. The van der Waals surface area contributed by atoms with E-state index < -0.39 is 18.1 Å². The normalized spacial score (nSPS) is 20.9. The lowest BCUT2D eigenvalue weighted by Gasteiger charge is -2.26. The Balaban J connectivity index is 2.71. The minimum atomic E-state index is -1.03. The Hall–Kier alpha value is -1.24. The fourth-order valence-corrected chi connectivity index (χ4v) is 3.31. The van der Waals surface area contributed by atoms with Crippen LogP contribution in [0.3, 0.4) is 0 Å². The summed E-state index contributed by atoms with van der Waals surface area (Å²) in [5.41, 5.74) is 0. The maximum Gasteiger partial charge on any atom is 0.326 e. The molecule has 1 heterocycles. The van der Waals surface area contributed by atoms with Gasteiger partial charge in [0.15, 0.2) is 0 Å². The lowest BCUT2D eigenvalue weighted by Crippen LogP contribution is -2.52. The van der Waals surface area contributed by atoms with Gasteiger partial charge in [-0.15, -0.1) is 11.8 Å². The summed E-state index contributed by atoms with van der Waals surface area (Å²) in [4.78, 5) is 37.2. The quantitative estimate of drug-likeness (QED) is 0.739. The van der Waals surface area contributed by atoms with Crippen molar-refractivity contribution in [3.8, 4) is 0 Å². The molecule has 6 nitrogen and oxygen atoms in total. The number of carboxylic acids is 1. The number of thioether (sulfide) groups is 1. The number of carboxylic acid groups (broad SMARTS) is 1. The number of rotatable bonds is 7. The third-order valence-electron chi connectivity index (χ3n) is 3.69. The molecule has 2 N–H and O–H groups in total. The molecule has 21 heavy (non-hydrogen) atoms. The fraction of sp³-hybridized carbons (Fsp3) is 0.786. The molecule has 3 atom stereocenters. The van der Waals surface area contributed by atoms with Crippen molar-refractivity contribution >= 4 is 29.5 Å². The Morgan fingerprint density at radius 2 is 2.05 bits per heavy atom. The van der Waals surface area contributed by atoms with Crippen molar-refractivity contribution in [1.29, 1.82) is 0 Å². The number of hydrogen-bond acceptors (Lipinski definition) is 4. The smallest absolute Gasteiger partial charge is 0.326 e. The standard InChI is InChI=1S/C14H24N2O4S/c1-4-6-10(14(19)20)15-12(17)11-7-21-8-16(11)13(18)9(3)5-2/h9-11H,4-8H2,1-3H3,(H,15,17)(H,19,20). The van der Waals surface area contributed by atoms with E-state index in [0.29, 0.717) is 24.5 Å². The number of nitrogens with zero attached hydrogens (tertiary/aromatic N) is 1. The summed E-state index contributed by atoms with van der Waals surface area (Å²) in [7, 11) is 0. The average molecular weight is 316 g/mol. The molecule has 1 aliphatic rings. The Morgan fingerprint density at radius 1 is 1.38 bits per heavy atom. The van der Waals surface area contributed by atoms with E-state index in [1.165, 1.54) is 11.8 Å². The zero-order valence-electron chi connectivity index (χ0n) is 12.8. The third-order valence-corrected chi connectivity index (χ3v) is 4.71. The zero-order chi connectivity index (χ0) is 16.0. The molecule has 0 radical (unpaired) electrons. The molecule has 0 aromatic heterocycles. The van der Waals surface area contributed by atoms with Crippen molar-refractivity contribution in [2.45, 2.75) is 52.1 Å². The van der Waals surface area contributed by atoms with Gasteiger partial charge in [0.1, 0.15) is 12.1 Å². The predicted octanol–water partition coefficient (Wildman–Crippen LogP) is 1.30. The topological polar surface area (TPSA) is 86.7 Å². The van der Waals surface area contributed by atoms with Gasteiger partial charge in [-0.3, -0.25) is 9.59 Å². The van der Waals surface area contributed by atoms with E-state index in [1.807, 2.05) is 20.8 Å². The summed E-state index contributed by atoms with van der Waals surface area (Å²) in [5.74, 6) is -0.540. The predicted molar refractivity (Wildman–Crippen MR) is 81.9 cm³/mol. The van der Waals surface area contributed by atoms with Crippen LogP contribution in [0.5, 0.6) is 0 Å². The molecular formula is C14H24N2O4S. The summed E-state index contributed by atoms with van der Waals surface area (Å²) in [6, 6.07) is -1.44. The van der Waals surface area contributed by atoms with Gasteiger partial charge in [0.05, 0.1) is 5.88 Å². The van der Waals surface area contributed by atoms with Crippen LogP contribution >= 0.6 is 11.8 Å². The van der Waals surface area contributed by atoms with Crippen molar-refractivity contribution < 1.29 is 19.5 Å². The number of amides is 2. The van der Waals surface area contributed by atoms with Gasteiger partial charge in [-0.2, -0.15) is 0 Å². The van der Waals surface area contributed by atoms with Gasteiger partial charge in [0.2, 0.25) is 11.8 Å². The zero-order valence-corrected chi connectivity index (χ0v) is 13.6. The Bertz CT molecular complexity index is 402. The molecule has 1 rings (SSSR count). The second-order valence-electron chi connectivity index (χ2n) is 5.32. The van der Waals surface area contributed by atoms with Gasteiger partial charge < -0.3 is 15.3 Å². The molecule has 0 bridgehead atoms. The van der Waals surface area contributed by atoms with Crippen LogP contribution in [-0.4, -0.2) is 51.5 Å². The summed E-state index contributed by atoms with van der Waals surface area (Å²) in [6.07, 6.45) is 1.79. The van der Waals surface area contributed by atoms with Crippen molar-refractivity contribution in [2.75, 3.05) is 11.6 Å². The van der Waals surface area contributed by atoms with E-state index in [-0.39, 0.29) is 17.7 Å². The molecule has 1 fully saturated rings. The largest absolute Gasteiger partial charge is 0.480 e. The molecule has 0 saturated carbocycles. The van der Waals surface area contributed by atoms with E-state index in [4.69, 9.17) is 5.11 Å².